The maximum Gasteiger partial charge on any atom is 0.409 e. The number of piperidine rings is 1. The summed E-state index contributed by atoms with van der Waals surface area (Å²) >= 11 is 0. The molecule has 2 rings (SSSR count). The van der Waals surface area contributed by atoms with Crippen LogP contribution in [0.4, 0.5) is 4.79 Å². The highest BCUT2D eigenvalue weighted by Gasteiger charge is 2.34. The molecule has 0 atom stereocenters. The van der Waals surface area contributed by atoms with Gasteiger partial charge in [0, 0.05) is 37.9 Å². The number of nitrogens with zero attached hydrogens (tertiary/aromatic N) is 3. The summed E-state index contributed by atoms with van der Waals surface area (Å²) in [4.78, 5) is 20.3. The van der Waals surface area contributed by atoms with Gasteiger partial charge in [-0.25, -0.2) is 4.79 Å². The summed E-state index contributed by atoms with van der Waals surface area (Å²) in [5.41, 5.74) is 6.13. The van der Waals surface area contributed by atoms with Gasteiger partial charge >= 0.3 is 6.09 Å². The minimum Gasteiger partial charge on any atom is -0.450 e. The second-order valence-corrected chi connectivity index (χ2v) is 7.04. The molecule has 2 heterocycles. The van der Waals surface area contributed by atoms with Crippen LogP contribution in [0.2, 0.25) is 0 Å². The third-order valence-corrected chi connectivity index (χ3v) is 5.29. The van der Waals surface area contributed by atoms with Crippen LogP contribution in [0.3, 0.4) is 0 Å². The third kappa shape index (κ3) is 6.41. The van der Waals surface area contributed by atoms with Gasteiger partial charge in [0.1, 0.15) is 0 Å². The Morgan fingerprint density at radius 1 is 1.35 bits per heavy atom. The van der Waals surface area contributed by atoms with Crippen LogP contribution < -0.4 is 11.1 Å². The molecular formula is C17H34IN5O3. The number of rotatable bonds is 5. The second-order valence-electron chi connectivity index (χ2n) is 7.04. The lowest BCUT2D eigenvalue weighted by Crippen LogP contribution is -2.52. The van der Waals surface area contributed by atoms with Crippen LogP contribution in [0.5, 0.6) is 0 Å². The fraction of sp³-hybridized carbons (Fsp3) is 0.882. The largest absolute Gasteiger partial charge is 0.450 e. The summed E-state index contributed by atoms with van der Waals surface area (Å²) in [6.07, 6.45) is 3.40. The van der Waals surface area contributed by atoms with Gasteiger partial charge in [0.15, 0.2) is 5.96 Å². The van der Waals surface area contributed by atoms with Crippen molar-refractivity contribution in [2.45, 2.75) is 44.2 Å². The first kappa shape index (κ1) is 23.2. The molecule has 8 nitrogen and oxygen atoms in total. The van der Waals surface area contributed by atoms with Crippen LogP contribution in [0.25, 0.3) is 0 Å². The number of likely N-dealkylation sites (tertiary alicyclic amines) is 1. The maximum absolute atomic E-state index is 11.7. The summed E-state index contributed by atoms with van der Waals surface area (Å²) in [6.45, 7) is 5.81. The van der Waals surface area contributed by atoms with E-state index in [0.717, 1.165) is 38.9 Å². The van der Waals surface area contributed by atoms with Gasteiger partial charge in [-0.15, -0.1) is 24.0 Å². The van der Waals surface area contributed by atoms with E-state index in [4.69, 9.17) is 15.2 Å². The van der Waals surface area contributed by atoms with Crippen molar-refractivity contribution in [2.24, 2.45) is 10.7 Å². The monoisotopic (exact) mass is 483 g/mol. The molecule has 0 bridgehead atoms. The number of hydrogen-bond donors (Lipinski definition) is 2. The average molecular weight is 483 g/mol. The first-order valence-corrected chi connectivity index (χ1v) is 9.20. The van der Waals surface area contributed by atoms with Crippen molar-refractivity contribution in [3.63, 3.8) is 0 Å². The molecular weight excluding hydrogens is 449 g/mol. The van der Waals surface area contributed by atoms with Crippen LogP contribution in [-0.2, 0) is 9.47 Å². The highest BCUT2D eigenvalue weighted by atomic mass is 127. The van der Waals surface area contributed by atoms with E-state index in [0.29, 0.717) is 32.2 Å². The fourth-order valence-corrected chi connectivity index (χ4v) is 3.41. The van der Waals surface area contributed by atoms with E-state index in [1.165, 1.54) is 0 Å². The van der Waals surface area contributed by atoms with Crippen molar-refractivity contribution in [2.75, 3.05) is 53.6 Å². The zero-order valence-corrected chi connectivity index (χ0v) is 18.5. The molecule has 0 spiro atoms. The first-order chi connectivity index (χ1) is 12.0. The standard InChI is InChI=1S/C17H33N5O3.HI/c1-4-25-16(23)22-9-5-14(6-10-22)20-15(18)19-13-17(21(2)3)7-11-24-12-8-17;/h14H,4-13H2,1-3H3,(H3,18,19,20);1H. The molecule has 26 heavy (non-hydrogen) atoms. The quantitative estimate of drug-likeness (QED) is 0.348. The summed E-state index contributed by atoms with van der Waals surface area (Å²) in [5.74, 6) is 0.488. The van der Waals surface area contributed by atoms with E-state index in [1.807, 2.05) is 6.92 Å². The minimum absolute atomic E-state index is 0. The molecule has 152 valence electrons. The van der Waals surface area contributed by atoms with E-state index in [2.05, 4.69) is 29.3 Å². The number of likely N-dealkylation sites (N-methyl/N-ethyl adjacent to an activating group) is 1. The Balaban J connectivity index is 0.00000338. The molecule has 2 saturated heterocycles. The number of amides is 1. The van der Waals surface area contributed by atoms with Crippen LogP contribution in [-0.4, -0.2) is 87.0 Å². The first-order valence-electron chi connectivity index (χ1n) is 9.20. The highest BCUT2D eigenvalue weighted by Crippen LogP contribution is 2.26. The summed E-state index contributed by atoms with van der Waals surface area (Å²) < 4.78 is 10.5. The van der Waals surface area contributed by atoms with Crippen LogP contribution >= 0.6 is 24.0 Å². The zero-order chi connectivity index (χ0) is 18.3. The van der Waals surface area contributed by atoms with Gasteiger partial charge < -0.3 is 30.3 Å². The normalized spacial score (nSPS) is 21.2. The molecule has 1 amide bonds. The molecule has 0 aromatic rings. The molecule has 0 saturated carbocycles. The van der Waals surface area contributed by atoms with E-state index in [9.17, 15) is 4.79 Å². The van der Waals surface area contributed by atoms with Crippen molar-refractivity contribution in [3.05, 3.63) is 0 Å². The van der Waals surface area contributed by atoms with Crippen LogP contribution in [0.15, 0.2) is 4.99 Å². The molecule has 0 aromatic carbocycles. The summed E-state index contributed by atoms with van der Waals surface area (Å²) in [7, 11) is 4.19. The van der Waals surface area contributed by atoms with Gasteiger partial charge in [-0.2, -0.15) is 0 Å². The maximum atomic E-state index is 11.7. The van der Waals surface area contributed by atoms with Crippen molar-refractivity contribution in [3.8, 4) is 0 Å². The van der Waals surface area contributed by atoms with Crippen LogP contribution in [0, 0.1) is 0 Å². The number of hydrogen-bond acceptors (Lipinski definition) is 5. The minimum atomic E-state index is -0.227. The molecule has 2 aliphatic heterocycles. The smallest absolute Gasteiger partial charge is 0.409 e. The van der Waals surface area contributed by atoms with Gasteiger partial charge in [-0.1, -0.05) is 0 Å². The predicted octanol–water partition coefficient (Wildman–Crippen LogP) is 1.24. The Morgan fingerprint density at radius 2 is 1.96 bits per heavy atom. The number of ether oxygens (including phenoxy) is 2. The lowest BCUT2D eigenvalue weighted by atomic mass is 9.89. The number of aliphatic imine (C=N–C) groups is 1. The number of carbonyl (C=O) groups excluding carboxylic acids is 1. The zero-order valence-electron chi connectivity index (χ0n) is 16.2. The lowest BCUT2D eigenvalue weighted by molar-refractivity contribution is -0.00254. The van der Waals surface area contributed by atoms with E-state index in [-0.39, 0.29) is 41.7 Å². The van der Waals surface area contributed by atoms with Gasteiger partial charge in [0.25, 0.3) is 0 Å². The Morgan fingerprint density at radius 3 is 2.50 bits per heavy atom. The van der Waals surface area contributed by atoms with Gasteiger partial charge in [0.2, 0.25) is 0 Å². The Hall–Kier alpha value is -0.810. The molecule has 0 aliphatic carbocycles. The molecule has 2 fully saturated rings. The second kappa shape index (κ2) is 11.1. The van der Waals surface area contributed by atoms with Crippen molar-refractivity contribution < 1.29 is 14.3 Å². The summed E-state index contributed by atoms with van der Waals surface area (Å²) in [5, 5.41) is 3.31. The lowest BCUT2D eigenvalue weighted by Gasteiger charge is -2.41. The third-order valence-electron chi connectivity index (χ3n) is 5.29. The highest BCUT2D eigenvalue weighted by molar-refractivity contribution is 14.0. The van der Waals surface area contributed by atoms with Crippen molar-refractivity contribution >= 4 is 36.0 Å². The number of nitrogens with two attached hydrogens (primary N) is 1. The molecule has 9 heteroatoms. The van der Waals surface area contributed by atoms with Gasteiger partial charge in [0.05, 0.1) is 13.2 Å². The molecule has 0 radical (unpaired) electrons. The number of nitrogens with one attached hydrogen (secondary N) is 1. The molecule has 3 N–H and O–H groups in total. The topological polar surface area (TPSA) is 92.4 Å². The van der Waals surface area contributed by atoms with Gasteiger partial charge in [-0.05, 0) is 46.7 Å². The van der Waals surface area contributed by atoms with E-state index < -0.39 is 0 Å². The number of guanidine groups is 1. The van der Waals surface area contributed by atoms with E-state index >= 15 is 0 Å². The van der Waals surface area contributed by atoms with E-state index in [1.54, 1.807) is 4.90 Å². The van der Waals surface area contributed by atoms with Crippen molar-refractivity contribution in [1.29, 1.82) is 0 Å². The molecule has 2 aliphatic rings. The molecule has 0 aromatic heterocycles. The summed E-state index contributed by atoms with van der Waals surface area (Å²) in [6, 6.07) is 0.249. The SMILES string of the molecule is CCOC(=O)N1CCC(NC(N)=NCC2(N(C)C)CCOCC2)CC1.I. The Kier molecular flexibility index (Phi) is 9.94. The Labute approximate surface area is 173 Å². The predicted molar refractivity (Wildman–Crippen MR) is 113 cm³/mol. The average Bonchev–Trinajstić information content (AvgIpc) is 2.61. The van der Waals surface area contributed by atoms with Crippen LogP contribution in [0.1, 0.15) is 32.6 Å². The molecule has 0 unspecified atom stereocenters. The number of halogens is 1. The van der Waals surface area contributed by atoms with Gasteiger partial charge in [-0.3, -0.25) is 4.99 Å². The fourth-order valence-electron chi connectivity index (χ4n) is 3.41. The van der Waals surface area contributed by atoms with Crippen molar-refractivity contribution in [1.82, 2.24) is 15.1 Å². The Bertz CT molecular complexity index is 461. The number of carbonyl (C=O) groups is 1.